The van der Waals surface area contributed by atoms with E-state index in [0.29, 0.717) is 19.0 Å². The minimum atomic E-state index is -3.90. The summed E-state index contributed by atoms with van der Waals surface area (Å²) < 4.78 is 40.1. The quantitative estimate of drug-likeness (QED) is 0.905. The molecule has 1 N–H and O–H groups in total. The zero-order chi connectivity index (χ0) is 15.6. The molecular formula is C14H18FNO4S. The summed E-state index contributed by atoms with van der Waals surface area (Å²) in [5.41, 5.74) is -0.267. The van der Waals surface area contributed by atoms with Crippen LogP contribution in [0.5, 0.6) is 0 Å². The third kappa shape index (κ3) is 3.24. The van der Waals surface area contributed by atoms with Gasteiger partial charge >= 0.3 is 5.97 Å². The molecule has 1 unspecified atom stereocenters. The summed E-state index contributed by atoms with van der Waals surface area (Å²) in [5, 5.41) is 8.78. The number of hydrogen-bond acceptors (Lipinski definition) is 3. The number of aromatic carboxylic acids is 1. The number of carboxylic acid groups (broad SMARTS) is 1. The summed E-state index contributed by atoms with van der Waals surface area (Å²) in [5.74, 6) is -2.00. The van der Waals surface area contributed by atoms with Gasteiger partial charge in [-0.2, -0.15) is 4.31 Å². The van der Waals surface area contributed by atoms with E-state index in [-0.39, 0.29) is 5.56 Å². The first-order valence-electron chi connectivity index (χ1n) is 6.89. The second kappa shape index (κ2) is 6.11. The number of benzene rings is 1. The van der Waals surface area contributed by atoms with E-state index >= 15 is 0 Å². The fraction of sp³-hybridized carbons (Fsp3) is 0.500. The van der Waals surface area contributed by atoms with Crippen molar-refractivity contribution >= 4 is 16.0 Å². The average Bonchev–Trinajstić information content (AvgIpc) is 2.88. The monoisotopic (exact) mass is 315 g/mol. The Morgan fingerprint density at radius 3 is 2.76 bits per heavy atom. The molecule has 1 atom stereocenters. The summed E-state index contributed by atoms with van der Waals surface area (Å²) in [6, 6.07) is 2.88. The third-order valence-electron chi connectivity index (χ3n) is 3.74. The molecule has 1 aromatic carbocycles. The van der Waals surface area contributed by atoms with E-state index in [1.165, 1.54) is 4.31 Å². The van der Waals surface area contributed by atoms with Crippen molar-refractivity contribution < 1.29 is 22.7 Å². The Hall–Kier alpha value is -1.47. The number of sulfonamides is 1. The van der Waals surface area contributed by atoms with Gasteiger partial charge in [0.1, 0.15) is 10.7 Å². The molecule has 0 saturated carbocycles. The maximum absolute atomic E-state index is 13.9. The number of rotatable bonds is 5. The van der Waals surface area contributed by atoms with Crippen molar-refractivity contribution in [2.45, 2.75) is 31.1 Å². The summed E-state index contributed by atoms with van der Waals surface area (Å²) in [4.78, 5) is 10.3. The van der Waals surface area contributed by atoms with Gasteiger partial charge in [-0.15, -0.1) is 0 Å². The standard InChI is InChI=1S/C14H18FNO4S/c1-2-3-10-6-7-16(9-10)21(19,20)13-5-4-11(14(17)18)8-12(13)15/h4-5,8,10H,2-3,6-7,9H2,1H3,(H,17,18). The van der Waals surface area contributed by atoms with Gasteiger partial charge in [0.05, 0.1) is 5.56 Å². The highest BCUT2D eigenvalue weighted by Gasteiger charge is 2.33. The predicted octanol–water partition coefficient (Wildman–Crippen LogP) is 2.33. The first kappa shape index (κ1) is 15.9. The van der Waals surface area contributed by atoms with Crippen LogP contribution in [0, 0.1) is 11.7 Å². The van der Waals surface area contributed by atoms with Crippen molar-refractivity contribution in [3.8, 4) is 0 Å². The van der Waals surface area contributed by atoms with Crippen LogP contribution in [-0.4, -0.2) is 36.9 Å². The number of halogens is 1. The molecule has 21 heavy (non-hydrogen) atoms. The predicted molar refractivity (Wildman–Crippen MR) is 75.1 cm³/mol. The number of carboxylic acids is 1. The maximum Gasteiger partial charge on any atom is 0.335 e. The molecule has 1 aliphatic rings. The normalized spacial score (nSPS) is 19.8. The second-order valence-electron chi connectivity index (χ2n) is 5.26. The Labute approximate surface area is 123 Å². The lowest BCUT2D eigenvalue weighted by molar-refractivity contribution is 0.0696. The van der Waals surface area contributed by atoms with Crippen LogP contribution in [-0.2, 0) is 10.0 Å². The van der Waals surface area contributed by atoms with Gasteiger partial charge < -0.3 is 5.11 Å². The molecule has 7 heteroatoms. The molecule has 1 aliphatic heterocycles. The molecule has 0 amide bonds. The van der Waals surface area contributed by atoms with Gasteiger partial charge in [0.25, 0.3) is 0 Å². The minimum Gasteiger partial charge on any atom is -0.478 e. The molecule has 0 aliphatic carbocycles. The highest BCUT2D eigenvalue weighted by atomic mass is 32.2. The summed E-state index contributed by atoms with van der Waals surface area (Å²) in [7, 11) is -3.90. The van der Waals surface area contributed by atoms with Crippen molar-refractivity contribution in [2.24, 2.45) is 5.92 Å². The van der Waals surface area contributed by atoms with Crippen LogP contribution in [0.25, 0.3) is 0 Å². The maximum atomic E-state index is 13.9. The molecule has 1 fully saturated rings. The van der Waals surface area contributed by atoms with Crippen molar-refractivity contribution in [3.05, 3.63) is 29.6 Å². The van der Waals surface area contributed by atoms with Crippen LogP contribution in [0.2, 0.25) is 0 Å². The molecular weight excluding hydrogens is 297 g/mol. The summed E-state index contributed by atoms with van der Waals surface area (Å²) >= 11 is 0. The minimum absolute atomic E-state index is 0.267. The smallest absolute Gasteiger partial charge is 0.335 e. The molecule has 1 heterocycles. The lowest BCUT2D eigenvalue weighted by Gasteiger charge is -2.17. The lowest BCUT2D eigenvalue weighted by atomic mass is 10.0. The van der Waals surface area contributed by atoms with Crippen LogP contribution in [0.3, 0.4) is 0 Å². The van der Waals surface area contributed by atoms with Gasteiger partial charge in [-0.25, -0.2) is 17.6 Å². The van der Waals surface area contributed by atoms with E-state index in [9.17, 15) is 17.6 Å². The van der Waals surface area contributed by atoms with Gasteiger partial charge in [0.2, 0.25) is 10.0 Å². The van der Waals surface area contributed by atoms with Crippen molar-refractivity contribution in [1.29, 1.82) is 0 Å². The molecule has 0 aromatic heterocycles. The SMILES string of the molecule is CCCC1CCN(S(=O)(=O)c2ccc(C(=O)O)cc2F)C1. The second-order valence-corrected chi connectivity index (χ2v) is 7.16. The van der Waals surface area contributed by atoms with Crippen LogP contribution in [0.1, 0.15) is 36.5 Å². The highest BCUT2D eigenvalue weighted by molar-refractivity contribution is 7.89. The molecule has 1 aromatic rings. The molecule has 5 nitrogen and oxygen atoms in total. The molecule has 0 radical (unpaired) electrons. The highest BCUT2D eigenvalue weighted by Crippen LogP contribution is 2.28. The molecule has 1 saturated heterocycles. The van der Waals surface area contributed by atoms with Gasteiger partial charge in [-0.3, -0.25) is 0 Å². The Morgan fingerprint density at radius 1 is 1.48 bits per heavy atom. The Bertz CT molecular complexity index is 644. The van der Waals surface area contributed by atoms with E-state index in [1.807, 2.05) is 6.92 Å². The Kier molecular flexibility index (Phi) is 4.63. The van der Waals surface area contributed by atoms with Crippen molar-refractivity contribution in [1.82, 2.24) is 4.31 Å². The fourth-order valence-corrected chi connectivity index (χ4v) is 4.22. The zero-order valence-corrected chi connectivity index (χ0v) is 12.6. The van der Waals surface area contributed by atoms with E-state index in [4.69, 9.17) is 5.11 Å². The van der Waals surface area contributed by atoms with E-state index in [2.05, 4.69) is 0 Å². The number of hydrogen-bond donors (Lipinski definition) is 1. The molecule has 0 spiro atoms. The zero-order valence-electron chi connectivity index (χ0n) is 11.8. The Balaban J connectivity index is 2.26. The fourth-order valence-electron chi connectivity index (χ4n) is 2.64. The Morgan fingerprint density at radius 2 is 2.19 bits per heavy atom. The average molecular weight is 315 g/mol. The van der Waals surface area contributed by atoms with Crippen molar-refractivity contribution in [3.63, 3.8) is 0 Å². The summed E-state index contributed by atoms with van der Waals surface area (Å²) in [6.07, 6.45) is 2.72. The van der Waals surface area contributed by atoms with Gasteiger partial charge in [0, 0.05) is 13.1 Å². The van der Waals surface area contributed by atoms with Crippen LogP contribution in [0.15, 0.2) is 23.1 Å². The van der Waals surface area contributed by atoms with Crippen LogP contribution < -0.4 is 0 Å². The van der Waals surface area contributed by atoms with Crippen LogP contribution in [0.4, 0.5) is 4.39 Å². The first-order chi connectivity index (χ1) is 9.86. The third-order valence-corrected chi connectivity index (χ3v) is 5.64. The first-order valence-corrected chi connectivity index (χ1v) is 8.33. The topological polar surface area (TPSA) is 74.7 Å². The molecule has 116 valence electrons. The number of nitrogens with zero attached hydrogens (tertiary/aromatic N) is 1. The largest absolute Gasteiger partial charge is 0.478 e. The van der Waals surface area contributed by atoms with Gasteiger partial charge in [-0.1, -0.05) is 13.3 Å². The van der Waals surface area contributed by atoms with Gasteiger partial charge in [-0.05, 0) is 37.0 Å². The van der Waals surface area contributed by atoms with E-state index in [1.54, 1.807) is 0 Å². The lowest BCUT2D eigenvalue weighted by Crippen LogP contribution is -2.29. The van der Waals surface area contributed by atoms with E-state index in [0.717, 1.165) is 37.5 Å². The molecule has 0 bridgehead atoms. The summed E-state index contributed by atoms with van der Waals surface area (Å²) in [6.45, 7) is 2.82. The van der Waals surface area contributed by atoms with E-state index < -0.39 is 26.7 Å². The van der Waals surface area contributed by atoms with Crippen LogP contribution >= 0.6 is 0 Å². The van der Waals surface area contributed by atoms with Gasteiger partial charge in [0.15, 0.2) is 0 Å². The number of carbonyl (C=O) groups is 1. The molecule has 2 rings (SSSR count). The van der Waals surface area contributed by atoms with Crippen molar-refractivity contribution in [2.75, 3.05) is 13.1 Å².